The fraction of sp³-hybridized carbons (Fsp3) is 0.0667. The summed E-state index contributed by atoms with van der Waals surface area (Å²) in [5.74, 6) is 0.570. The van der Waals surface area contributed by atoms with Crippen molar-refractivity contribution in [1.29, 1.82) is 0 Å². The molecule has 0 fully saturated rings. The Bertz CT molecular complexity index is 452. The van der Waals surface area contributed by atoms with Crippen LogP contribution >= 0.6 is 0 Å². The van der Waals surface area contributed by atoms with Crippen molar-refractivity contribution in [3.8, 4) is 11.5 Å². The summed E-state index contributed by atoms with van der Waals surface area (Å²) in [7, 11) is 0. The van der Waals surface area contributed by atoms with E-state index in [0.717, 1.165) is 11.1 Å². The van der Waals surface area contributed by atoms with Gasteiger partial charge in [0.25, 0.3) is 0 Å². The SMILES string of the molecule is C=CC(c1ccc(O)cc1)c1ccc(O)cc1. The maximum Gasteiger partial charge on any atom is 0.115 e. The summed E-state index contributed by atoms with van der Waals surface area (Å²) in [6.45, 7) is 3.83. The minimum Gasteiger partial charge on any atom is -0.508 e. The van der Waals surface area contributed by atoms with Crippen LogP contribution in [0, 0.1) is 0 Å². The maximum atomic E-state index is 9.26. The first-order valence-corrected chi connectivity index (χ1v) is 5.41. The zero-order chi connectivity index (χ0) is 12.3. The normalized spacial score (nSPS) is 10.4. The number of phenolic OH excluding ortho intramolecular Hbond substituents is 2. The van der Waals surface area contributed by atoms with Gasteiger partial charge in [0.05, 0.1) is 0 Å². The van der Waals surface area contributed by atoms with Gasteiger partial charge in [0.2, 0.25) is 0 Å². The predicted molar refractivity (Wildman–Crippen MR) is 68.3 cm³/mol. The van der Waals surface area contributed by atoms with Crippen molar-refractivity contribution < 1.29 is 10.2 Å². The van der Waals surface area contributed by atoms with Gasteiger partial charge >= 0.3 is 0 Å². The van der Waals surface area contributed by atoms with Crippen molar-refractivity contribution in [2.24, 2.45) is 0 Å². The molecule has 0 unspecified atom stereocenters. The van der Waals surface area contributed by atoms with E-state index in [2.05, 4.69) is 6.58 Å². The van der Waals surface area contributed by atoms with Gasteiger partial charge in [-0.15, -0.1) is 6.58 Å². The molecule has 2 aromatic rings. The van der Waals surface area contributed by atoms with Gasteiger partial charge in [-0.3, -0.25) is 0 Å². The van der Waals surface area contributed by atoms with Crippen LogP contribution in [-0.2, 0) is 0 Å². The molecule has 2 heteroatoms. The van der Waals surface area contributed by atoms with Crippen LogP contribution in [0.2, 0.25) is 0 Å². The summed E-state index contributed by atoms with van der Waals surface area (Å²) in [5.41, 5.74) is 2.12. The van der Waals surface area contributed by atoms with Crippen LogP contribution in [0.5, 0.6) is 11.5 Å². The molecular weight excluding hydrogens is 212 g/mol. The number of phenols is 2. The zero-order valence-electron chi connectivity index (χ0n) is 9.38. The quantitative estimate of drug-likeness (QED) is 0.787. The molecule has 0 aliphatic heterocycles. The van der Waals surface area contributed by atoms with E-state index in [1.54, 1.807) is 24.3 Å². The van der Waals surface area contributed by atoms with E-state index >= 15 is 0 Å². The van der Waals surface area contributed by atoms with E-state index in [0.29, 0.717) is 0 Å². The predicted octanol–water partition coefficient (Wildman–Crippen LogP) is 3.42. The van der Waals surface area contributed by atoms with Crippen molar-refractivity contribution >= 4 is 0 Å². The third-order valence-corrected chi connectivity index (χ3v) is 2.74. The van der Waals surface area contributed by atoms with Gasteiger partial charge in [-0.05, 0) is 35.4 Å². The Kier molecular flexibility index (Phi) is 3.15. The summed E-state index contributed by atoms with van der Waals surface area (Å²) in [6.07, 6.45) is 1.85. The average Bonchev–Trinajstić information content (AvgIpc) is 2.35. The molecule has 0 bridgehead atoms. The van der Waals surface area contributed by atoms with Gasteiger partial charge in [0, 0.05) is 5.92 Å². The van der Waals surface area contributed by atoms with E-state index in [1.807, 2.05) is 30.3 Å². The van der Waals surface area contributed by atoms with Crippen LogP contribution in [0.25, 0.3) is 0 Å². The Morgan fingerprint density at radius 3 is 1.41 bits per heavy atom. The van der Waals surface area contributed by atoms with Crippen molar-refractivity contribution in [1.82, 2.24) is 0 Å². The van der Waals surface area contributed by atoms with Gasteiger partial charge < -0.3 is 10.2 Å². The highest BCUT2D eigenvalue weighted by molar-refractivity contribution is 5.40. The van der Waals surface area contributed by atoms with Crippen LogP contribution in [0.3, 0.4) is 0 Å². The molecular formula is C15H14O2. The molecule has 2 nitrogen and oxygen atoms in total. The fourth-order valence-electron chi connectivity index (χ4n) is 1.83. The minimum atomic E-state index is 0.0659. The lowest BCUT2D eigenvalue weighted by atomic mass is 9.91. The molecule has 0 radical (unpaired) electrons. The van der Waals surface area contributed by atoms with Crippen molar-refractivity contribution in [2.75, 3.05) is 0 Å². The Hall–Kier alpha value is -2.22. The molecule has 86 valence electrons. The highest BCUT2D eigenvalue weighted by Gasteiger charge is 2.09. The molecule has 0 amide bonds. The smallest absolute Gasteiger partial charge is 0.115 e. The highest BCUT2D eigenvalue weighted by atomic mass is 16.3. The minimum absolute atomic E-state index is 0.0659. The monoisotopic (exact) mass is 226 g/mol. The zero-order valence-corrected chi connectivity index (χ0v) is 9.38. The summed E-state index contributed by atoms with van der Waals surface area (Å²) in [4.78, 5) is 0. The third kappa shape index (κ3) is 2.48. The van der Waals surface area contributed by atoms with E-state index < -0.39 is 0 Å². The lowest BCUT2D eigenvalue weighted by Crippen LogP contribution is -1.96. The molecule has 0 saturated heterocycles. The lowest BCUT2D eigenvalue weighted by molar-refractivity contribution is 0.475. The molecule has 0 saturated carbocycles. The van der Waals surface area contributed by atoms with Crippen LogP contribution in [0.15, 0.2) is 61.2 Å². The molecule has 2 rings (SSSR count). The van der Waals surface area contributed by atoms with E-state index in [1.165, 1.54) is 0 Å². The fourth-order valence-corrected chi connectivity index (χ4v) is 1.83. The van der Waals surface area contributed by atoms with Crippen LogP contribution in [-0.4, -0.2) is 10.2 Å². The van der Waals surface area contributed by atoms with Gasteiger partial charge in [-0.1, -0.05) is 30.3 Å². The van der Waals surface area contributed by atoms with E-state index in [9.17, 15) is 10.2 Å². The van der Waals surface area contributed by atoms with Crippen LogP contribution in [0.1, 0.15) is 17.0 Å². The molecule has 0 aliphatic rings. The summed E-state index contributed by atoms with van der Waals surface area (Å²) >= 11 is 0. The van der Waals surface area contributed by atoms with Crippen molar-refractivity contribution in [3.63, 3.8) is 0 Å². The topological polar surface area (TPSA) is 40.5 Å². The number of hydrogen-bond donors (Lipinski definition) is 2. The number of hydrogen-bond acceptors (Lipinski definition) is 2. The Balaban J connectivity index is 2.36. The largest absolute Gasteiger partial charge is 0.508 e. The first-order valence-electron chi connectivity index (χ1n) is 5.41. The molecule has 0 atom stereocenters. The van der Waals surface area contributed by atoms with E-state index in [-0.39, 0.29) is 17.4 Å². The Labute approximate surface area is 100 Å². The maximum absolute atomic E-state index is 9.26. The lowest BCUT2D eigenvalue weighted by Gasteiger charge is -2.13. The second kappa shape index (κ2) is 4.74. The second-order valence-corrected chi connectivity index (χ2v) is 3.90. The second-order valence-electron chi connectivity index (χ2n) is 3.90. The van der Waals surface area contributed by atoms with Gasteiger partial charge in [0.1, 0.15) is 11.5 Å². The molecule has 0 aromatic heterocycles. The first kappa shape index (κ1) is 11.3. The summed E-state index contributed by atoms with van der Waals surface area (Å²) in [5, 5.41) is 18.5. The third-order valence-electron chi connectivity index (χ3n) is 2.74. The Morgan fingerprint density at radius 1 is 0.765 bits per heavy atom. The first-order chi connectivity index (χ1) is 8.20. The molecule has 17 heavy (non-hydrogen) atoms. The van der Waals surface area contributed by atoms with Gasteiger partial charge in [-0.2, -0.15) is 0 Å². The number of rotatable bonds is 3. The molecule has 2 N–H and O–H groups in total. The van der Waals surface area contributed by atoms with Crippen LogP contribution < -0.4 is 0 Å². The van der Waals surface area contributed by atoms with Gasteiger partial charge in [0.15, 0.2) is 0 Å². The van der Waals surface area contributed by atoms with E-state index in [4.69, 9.17) is 0 Å². The van der Waals surface area contributed by atoms with Crippen molar-refractivity contribution in [2.45, 2.75) is 5.92 Å². The Morgan fingerprint density at radius 2 is 1.12 bits per heavy atom. The molecule has 0 spiro atoms. The molecule has 0 heterocycles. The average molecular weight is 226 g/mol. The molecule has 2 aromatic carbocycles. The van der Waals surface area contributed by atoms with Crippen LogP contribution in [0.4, 0.5) is 0 Å². The molecule has 0 aliphatic carbocycles. The summed E-state index contributed by atoms with van der Waals surface area (Å²) < 4.78 is 0. The number of allylic oxidation sites excluding steroid dienone is 1. The number of benzene rings is 2. The van der Waals surface area contributed by atoms with Crippen molar-refractivity contribution in [3.05, 3.63) is 72.3 Å². The standard InChI is InChI=1S/C15H14O2/c1-2-15(11-3-7-13(16)8-4-11)12-5-9-14(17)10-6-12/h2-10,15-17H,1H2. The van der Waals surface area contributed by atoms with Gasteiger partial charge in [-0.25, -0.2) is 0 Å². The summed E-state index contributed by atoms with van der Waals surface area (Å²) in [6, 6.07) is 14.1. The highest BCUT2D eigenvalue weighted by Crippen LogP contribution is 2.27. The number of aromatic hydroxyl groups is 2.